The molecule has 0 heterocycles. The third-order valence-corrected chi connectivity index (χ3v) is 2.12. The maximum atomic E-state index is 5.83. The van der Waals surface area contributed by atoms with Crippen molar-refractivity contribution >= 4 is 17.4 Å². The van der Waals surface area contributed by atoms with E-state index in [1.165, 1.54) is 0 Å². The third-order valence-electron chi connectivity index (χ3n) is 2.12. The van der Waals surface area contributed by atoms with E-state index in [4.69, 9.17) is 16.4 Å². The van der Waals surface area contributed by atoms with E-state index in [2.05, 4.69) is 0 Å². The molecule has 17 heavy (non-hydrogen) atoms. The van der Waals surface area contributed by atoms with E-state index in [9.17, 15) is 0 Å². The predicted molar refractivity (Wildman–Crippen MR) is 69.4 cm³/mol. The van der Waals surface area contributed by atoms with Gasteiger partial charge in [-0.05, 0) is 12.1 Å². The molecule has 0 atom stereocenters. The Labute approximate surface area is 102 Å². The van der Waals surface area contributed by atoms with Gasteiger partial charge >= 0.3 is 6.02 Å². The Kier molecular flexibility index (Phi) is 4.17. The van der Waals surface area contributed by atoms with Crippen molar-refractivity contribution in [3.05, 3.63) is 24.3 Å². The zero-order chi connectivity index (χ0) is 13.0. The maximum Gasteiger partial charge on any atom is 0.471 e. The van der Waals surface area contributed by atoms with Crippen LogP contribution in [-0.4, -0.2) is 43.7 Å². The van der Waals surface area contributed by atoms with Gasteiger partial charge in [0.05, 0.1) is 33.9 Å². The topological polar surface area (TPSA) is 70.8 Å². The first-order valence-corrected chi connectivity index (χ1v) is 5.22. The number of benzene rings is 1. The molecule has 1 aromatic rings. The maximum absolute atomic E-state index is 5.83. The van der Waals surface area contributed by atoms with Gasteiger partial charge < -0.3 is 5.73 Å². The molecule has 0 unspecified atom stereocenters. The molecule has 0 spiro atoms. The number of para-hydroxylation sites is 2. The van der Waals surface area contributed by atoms with Crippen LogP contribution in [0.4, 0.5) is 11.4 Å². The zero-order valence-corrected chi connectivity index (χ0v) is 10.7. The molecule has 0 aliphatic heterocycles. The first-order valence-electron chi connectivity index (χ1n) is 5.22. The van der Waals surface area contributed by atoms with E-state index >= 15 is 0 Å². The van der Waals surface area contributed by atoms with E-state index in [0.29, 0.717) is 17.4 Å². The van der Waals surface area contributed by atoms with Gasteiger partial charge in [0.15, 0.2) is 0 Å². The SMILES string of the molecule is CN(C)C(ON(N)c1ccccc1N)=[N+](C)C. The Morgan fingerprint density at radius 1 is 1.24 bits per heavy atom. The van der Waals surface area contributed by atoms with Crippen molar-refractivity contribution < 1.29 is 9.41 Å². The van der Waals surface area contributed by atoms with E-state index in [-0.39, 0.29) is 0 Å². The van der Waals surface area contributed by atoms with Gasteiger partial charge in [-0.2, -0.15) is 0 Å². The standard InChI is InChI=1S/C11H20N5O/c1-14(2)11(15(3)4)17-16(13)10-8-6-5-7-9(10)12/h5-8H,12-13H2,1-4H3/q+1. The molecule has 0 fully saturated rings. The van der Waals surface area contributed by atoms with Crippen LogP contribution in [0.15, 0.2) is 24.3 Å². The molecule has 0 amide bonds. The number of amidine groups is 1. The largest absolute Gasteiger partial charge is 0.471 e. The Morgan fingerprint density at radius 2 is 1.82 bits per heavy atom. The van der Waals surface area contributed by atoms with Gasteiger partial charge in [0.2, 0.25) is 0 Å². The average Bonchev–Trinajstić information content (AvgIpc) is 2.25. The van der Waals surface area contributed by atoms with Gasteiger partial charge in [-0.25, -0.2) is 15.3 Å². The van der Waals surface area contributed by atoms with Crippen molar-refractivity contribution in [2.75, 3.05) is 39.1 Å². The summed E-state index contributed by atoms with van der Waals surface area (Å²) in [4.78, 5) is 7.36. The van der Waals surface area contributed by atoms with Gasteiger partial charge in [0.1, 0.15) is 5.69 Å². The second-order valence-electron chi connectivity index (χ2n) is 4.05. The molecule has 0 aliphatic carbocycles. The van der Waals surface area contributed by atoms with Crippen LogP contribution >= 0.6 is 0 Å². The Balaban J connectivity index is 2.90. The lowest BCUT2D eigenvalue weighted by Gasteiger charge is -2.20. The molecule has 1 aromatic carbocycles. The van der Waals surface area contributed by atoms with Crippen molar-refractivity contribution in [1.82, 2.24) is 4.90 Å². The van der Waals surface area contributed by atoms with Crippen molar-refractivity contribution in [2.24, 2.45) is 5.84 Å². The van der Waals surface area contributed by atoms with Crippen LogP contribution in [0, 0.1) is 0 Å². The van der Waals surface area contributed by atoms with Gasteiger partial charge in [-0.15, -0.1) is 5.17 Å². The molecular weight excluding hydrogens is 218 g/mol. The highest BCUT2D eigenvalue weighted by Gasteiger charge is 2.18. The first-order chi connectivity index (χ1) is 7.93. The predicted octanol–water partition coefficient (Wildman–Crippen LogP) is 0.0702. The fraction of sp³-hybridized carbons (Fsp3) is 0.364. The fourth-order valence-corrected chi connectivity index (χ4v) is 1.39. The molecule has 1 rings (SSSR count). The van der Waals surface area contributed by atoms with Crippen molar-refractivity contribution in [2.45, 2.75) is 0 Å². The van der Waals surface area contributed by atoms with Gasteiger partial charge in [-0.3, -0.25) is 4.84 Å². The molecule has 0 bridgehead atoms. The highest BCUT2D eigenvalue weighted by Crippen LogP contribution is 2.20. The number of hydrogen-bond donors (Lipinski definition) is 2. The summed E-state index contributed by atoms with van der Waals surface area (Å²) in [5, 5.41) is 1.16. The van der Waals surface area contributed by atoms with Crippen LogP contribution in [0.2, 0.25) is 0 Å². The Morgan fingerprint density at radius 3 is 2.29 bits per heavy atom. The third kappa shape index (κ3) is 3.25. The molecule has 0 saturated heterocycles. The normalized spacial score (nSPS) is 9.71. The lowest BCUT2D eigenvalue weighted by atomic mass is 10.3. The molecule has 0 saturated carbocycles. The fourth-order valence-electron chi connectivity index (χ4n) is 1.39. The number of hydrogen-bond acceptors (Lipinski definition) is 4. The number of anilines is 2. The van der Waals surface area contributed by atoms with E-state index in [0.717, 1.165) is 5.17 Å². The van der Waals surface area contributed by atoms with Crippen molar-refractivity contribution in [1.29, 1.82) is 0 Å². The summed E-state index contributed by atoms with van der Waals surface area (Å²) >= 11 is 0. The lowest BCUT2D eigenvalue weighted by Crippen LogP contribution is -2.42. The number of hydrazine groups is 1. The van der Waals surface area contributed by atoms with Crippen LogP contribution in [0.25, 0.3) is 0 Å². The van der Waals surface area contributed by atoms with E-state index < -0.39 is 0 Å². The second-order valence-corrected chi connectivity index (χ2v) is 4.05. The Bertz CT molecular complexity index is 412. The minimum Gasteiger partial charge on any atom is -0.397 e. The van der Waals surface area contributed by atoms with Crippen molar-refractivity contribution in [3.63, 3.8) is 0 Å². The highest BCUT2D eigenvalue weighted by molar-refractivity contribution is 5.72. The molecule has 94 valence electrons. The van der Waals surface area contributed by atoms with Gasteiger partial charge in [0.25, 0.3) is 0 Å². The molecule has 6 heteroatoms. The summed E-state index contributed by atoms with van der Waals surface area (Å²) in [6.07, 6.45) is 0. The molecule has 0 aliphatic rings. The summed E-state index contributed by atoms with van der Waals surface area (Å²) in [6, 6.07) is 7.85. The minimum atomic E-state index is 0.562. The van der Waals surface area contributed by atoms with E-state index in [1.807, 2.05) is 49.8 Å². The summed E-state index contributed by atoms with van der Waals surface area (Å²) in [5.41, 5.74) is 6.99. The zero-order valence-electron chi connectivity index (χ0n) is 10.7. The summed E-state index contributed by atoms with van der Waals surface area (Å²) in [6.45, 7) is 0. The van der Waals surface area contributed by atoms with Crippen LogP contribution in [0.5, 0.6) is 0 Å². The van der Waals surface area contributed by atoms with Crippen LogP contribution in [0.3, 0.4) is 0 Å². The summed E-state index contributed by atoms with van der Waals surface area (Å²) in [7, 11) is 7.49. The monoisotopic (exact) mass is 238 g/mol. The van der Waals surface area contributed by atoms with Crippen molar-refractivity contribution in [3.8, 4) is 0 Å². The molecule has 6 nitrogen and oxygen atoms in total. The first kappa shape index (κ1) is 13.1. The van der Waals surface area contributed by atoms with Crippen LogP contribution in [-0.2, 0) is 4.84 Å². The van der Waals surface area contributed by atoms with Gasteiger partial charge in [-0.1, -0.05) is 12.1 Å². The van der Waals surface area contributed by atoms with E-state index in [1.54, 1.807) is 12.1 Å². The number of nitrogens with two attached hydrogens (primary N) is 2. The molecule has 0 aromatic heterocycles. The summed E-state index contributed by atoms with van der Waals surface area (Å²) in [5.74, 6) is 5.83. The number of nitrogen functional groups attached to an aromatic ring is 1. The molecule has 0 radical (unpaired) electrons. The quantitative estimate of drug-likeness (QED) is 0.190. The molecule has 4 N–H and O–H groups in total. The molecular formula is C11H20N5O+. The van der Waals surface area contributed by atoms with Crippen LogP contribution < -0.4 is 16.7 Å². The lowest BCUT2D eigenvalue weighted by molar-refractivity contribution is -0.481. The number of nitrogens with zero attached hydrogens (tertiary/aromatic N) is 3. The average molecular weight is 238 g/mol. The smallest absolute Gasteiger partial charge is 0.397 e. The van der Waals surface area contributed by atoms with Gasteiger partial charge in [0, 0.05) is 0 Å². The Hall–Kier alpha value is -1.95. The number of rotatable bonds is 2. The second kappa shape index (κ2) is 5.40. The summed E-state index contributed by atoms with van der Waals surface area (Å²) < 4.78 is 1.82. The van der Waals surface area contributed by atoms with Crippen LogP contribution in [0.1, 0.15) is 0 Å². The minimum absolute atomic E-state index is 0.562. The highest BCUT2D eigenvalue weighted by atomic mass is 16.7.